The highest BCUT2D eigenvalue weighted by molar-refractivity contribution is 5.36. The molecule has 0 aliphatic heterocycles. The SMILES string of the molecule is Cc1ccc(OC2CC(O)C2(C)C)c(C)c1. The minimum atomic E-state index is -0.233. The monoisotopic (exact) mass is 220 g/mol. The van der Waals surface area contributed by atoms with Gasteiger partial charge in [0.05, 0.1) is 6.10 Å². The quantitative estimate of drug-likeness (QED) is 0.830. The Balaban J connectivity index is 2.11. The zero-order valence-electron chi connectivity index (χ0n) is 10.4. The largest absolute Gasteiger partial charge is 0.489 e. The second-order valence-corrected chi connectivity index (χ2v) is 5.45. The molecule has 16 heavy (non-hydrogen) atoms. The normalized spacial score (nSPS) is 27.3. The fourth-order valence-electron chi connectivity index (χ4n) is 2.15. The van der Waals surface area contributed by atoms with Crippen LogP contribution in [0.2, 0.25) is 0 Å². The van der Waals surface area contributed by atoms with Crippen molar-refractivity contribution < 1.29 is 9.84 Å². The second kappa shape index (κ2) is 3.77. The van der Waals surface area contributed by atoms with Gasteiger partial charge < -0.3 is 9.84 Å². The molecule has 0 amide bonds. The maximum absolute atomic E-state index is 9.66. The molecule has 1 aromatic rings. The van der Waals surface area contributed by atoms with Gasteiger partial charge in [0.1, 0.15) is 11.9 Å². The molecule has 1 fully saturated rings. The summed E-state index contributed by atoms with van der Waals surface area (Å²) in [5.41, 5.74) is 2.28. The van der Waals surface area contributed by atoms with Crippen molar-refractivity contribution in [3.63, 3.8) is 0 Å². The van der Waals surface area contributed by atoms with Crippen molar-refractivity contribution in [3.8, 4) is 5.75 Å². The Morgan fingerprint density at radius 1 is 1.31 bits per heavy atom. The summed E-state index contributed by atoms with van der Waals surface area (Å²) in [6.07, 6.45) is 0.632. The lowest BCUT2D eigenvalue weighted by atomic mass is 9.66. The summed E-state index contributed by atoms with van der Waals surface area (Å²) in [7, 11) is 0. The predicted molar refractivity (Wildman–Crippen MR) is 64.7 cm³/mol. The van der Waals surface area contributed by atoms with Crippen LogP contribution in [0.4, 0.5) is 0 Å². The van der Waals surface area contributed by atoms with Crippen LogP contribution < -0.4 is 4.74 Å². The van der Waals surface area contributed by atoms with Crippen LogP contribution >= 0.6 is 0 Å². The Morgan fingerprint density at radius 3 is 2.50 bits per heavy atom. The van der Waals surface area contributed by atoms with Crippen LogP contribution in [0.1, 0.15) is 31.4 Å². The van der Waals surface area contributed by atoms with Crippen molar-refractivity contribution in [2.75, 3.05) is 0 Å². The molecule has 1 aliphatic carbocycles. The van der Waals surface area contributed by atoms with Crippen molar-refractivity contribution in [2.45, 2.75) is 46.3 Å². The molecular weight excluding hydrogens is 200 g/mol. The van der Waals surface area contributed by atoms with Crippen molar-refractivity contribution in [1.82, 2.24) is 0 Å². The van der Waals surface area contributed by atoms with E-state index in [4.69, 9.17) is 4.74 Å². The fourth-order valence-corrected chi connectivity index (χ4v) is 2.15. The minimum Gasteiger partial charge on any atom is -0.489 e. The number of hydrogen-bond acceptors (Lipinski definition) is 2. The third-order valence-electron chi connectivity index (χ3n) is 3.73. The molecular formula is C14H20O2. The smallest absolute Gasteiger partial charge is 0.122 e. The third-order valence-corrected chi connectivity index (χ3v) is 3.73. The maximum Gasteiger partial charge on any atom is 0.122 e. The van der Waals surface area contributed by atoms with Crippen molar-refractivity contribution in [1.29, 1.82) is 0 Å². The summed E-state index contributed by atoms with van der Waals surface area (Å²) in [5.74, 6) is 0.940. The summed E-state index contributed by atoms with van der Waals surface area (Å²) >= 11 is 0. The lowest BCUT2D eigenvalue weighted by Gasteiger charge is -2.48. The van der Waals surface area contributed by atoms with E-state index in [0.717, 1.165) is 17.7 Å². The molecule has 2 rings (SSSR count). The molecule has 0 saturated heterocycles. The molecule has 0 bridgehead atoms. The second-order valence-electron chi connectivity index (χ2n) is 5.45. The van der Waals surface area contributed by atoms with Gasteiger partial charge >= 0.3 is 0 Å². The van der Waals surface area contributed by atoms with Gasteiger partial charge in [-0.1, -0.05) is 31.5 Å². The molecule has 0 aromatic heterocycles. The molecule has 0 radical (unpaired) electrons. The third kappa shape index (κ3) is 1.82. The molecule has 2 heteroatoms. The first kappa shape index (κ1) is 11.5. The van der Waals surface area contributed by atoms with E-state index < -0.39 is 0 Å². The van der Waals surface area contributed by atoms with E-state index in [9.17, 15) is 5.11 Å². The van der Waals surface area contributed by atoms with E-state index in [2.05, 4.69) is 39.8 Å². The van der Waals surface area contributed by atoms with E-state index in [1.807, 2.05) is 6.07 Å². The number of hydrogen-bond donors (Lipinski definition) is 1. The maximum atomic E-state index is 9.66. The van der Waals surface area contributed by atoms with Crippen molar-refractivity contribution in [3.05, 3.63) is 29.3 Å². The number of aryl methyl sites for hydroxylation is 2. The fraction of sp³-hybridized carbons (Fsp3) is 0.571. The Kier molecular flexibility index (Phi) is 2.70. The standard InChI is InChI=1S/C14H20O2/c1-9-5-6-11(10(2)7-9)16-13-8-12(15)14(13,3)4/h5-7,12-13,15H,8H2,1-4H3. The van der Waals surface area contributed by atoms with Crippen LogP contribution in [0.5, 0.6) is 5.75 Å². The first-order valence-corrected chi connectivity index (χ1v) is 5.83. The van der Waals surface area contributed by atoms with E-state index in [0.29, 0.717) is 0 Å². The molecule has 2 unspecified atom stereocenters. The average Bonchev–Trinajstić information content (AvgIpc) is 2.21. The number of rotatable bonds is 2. The predicted octanol–water partition coefficient (Wildman–Crippen LogP) is 2.84. The molecule has 1 aliphatic rings. The van der Waals surface area contributed by atoms with E-state index in [-0.39, 0.29) is 17.6 Å². The Hall–Kier alpha value is -1.02. The highest BCUT2D eigenvalue weighted by Gasteiger charge is 2.49. The molecule has 88 valence electrons. The van der Waals surface area contributed by atoms with Gasteiger partial charge in [-0.15, -0.1) is 0 Å². The van der Waals surface area contributed by atoms with Crippen molar-refractivity contribution in [2.24, 2.45) is 5.41 Å². The highest BCUT2D eigenvalue weighted by Crippen LogP contribution is 2.43. The average molecular weight is 220 g/mol. The first-order valence-electron chi connectivity index (χ1n) is 5.83. The Morgan fingerprint density at radius 2 is 2.00 bits per heavy atom. The van der Waals surface area contributed by atoms with Crippen LogP contribution in [0, 0.1) is 19.3 Å². The summed E-state index contributed by atoms with van der Waals surface area (Å²) in [4.78, 5) is 0. The number of aliphatic hydroxyl groups is 1. The van der Waals surface area contributed by atoms with Gasteiger partial charge in [-0.2, -0.15) is 0 Å². The molecule has 1 saturated carbocycles. The van der Waals surface area contributed by atoms with Crippen molar-refractivity contribution >= 4 is 0 Å². The van der Waals surface area contributed by atoms with Gasteiger partial charge in [0.2, 0.25) is 0 Å². The van der Waals surface area contributed by atoms with E-state index in [1.54, 1.807) is 0 Å². The zero-order chi connectivity index (χ0) is 11.9. The summed E-state index contributed by atoms with van der Waals surface area (Å²) in [6, 6.07) is 6.20. The first-order chi connectivity index (χ1) is 7.41. The van der Waals surface area contributed by atoms with Crippen LogP contribution in [-0.4, -0.2) is 17.3 Å². The summed E-state index contributed by atoms with van der Waals surface area (Å²) < 4.78 is 5.96. The molecule has 1 aromatic carbocycles. The van der Waals surface area contributed by atoms with Crippen LogP contribution in [0.3, 0.4) is 0 Å². The van der Waals surface area contributed by atoms with Gasteiger partial charge in [0.25, 0.3) is 0 Å². The molecule has 2 nitrogen and oxygen atoms in total. The lowest BCUT2D eigenvalue weighted by molar-refractivity contribution is -0.134. The topological polar surface area (TPSA) is 29.5 Å². The Labute approximate surface area is 97.3 Å². The number of aliphatic hydroxyl groups excluding tert-OH is 1. The molecule has 1 N–H and O–H groups in total. The van der Waals surface area contributed by atoms with Gasteiger partial charge in [-0.3, -0.25) is 0 Å². The van der Waals surface area contributed by atoms with Gasteiger partial charge in [-0.25, -0.2) is 0 Å². The van der Waals surface area contributed by atoms with E-state index >= 15 is 0 Å². The Bertz CT molecular complexity index is 396. The van der Waals surface area contributed by atoms with Crippen LogP contribution in [0.25, 0.3) is 0 Å². The number of benzene rings is 1. The van der Waals surface area contributed by atoms with Gasteiger partial charge in [0, 0.05) is 11.8 Å². The van der Waals surface area contributed by atoms with E-state index in [1.165, 1.54) is 5.56 Å². The molecule has 0 heterocycles. The van der Waals surface area contributed by atoms with Gasteiger partial charge in [-0.05, 0) is 25.5 Å². The van der Waals surface area contributed by atoms with Gasteiger partial charge in [0.15, 0.2) is 0 Å². The summed E-state index contributed by atoms with van der Waals surface area (Å²) in [5, 5.41) is 9.66. The molecule has 2 atom stereocenters. The number of ether oxygens (including phenoxy) is 1. The lowest BCUT2D eigenvalue weighted by Crippen LogP contribution is -2.56. The zero-order valence-corrected chi connectivity index (χ0v) is 10.4. The van der Waals surface area contributed by atoms with Crippen LogP contribution in [0.15, 0.2) is 18.2 Å². The molecule has 0 spiro atoms. The minimum absolute atomic E-state index is 0.128. The summed E-state index contributed by atoms with van der Waals surface area (Å²) in [6.45, 7) is 8.24. The van der Waals surface area contributed by atoms with Crippen LogP contribution in [-0.2, 0) is 0 Å². The highest BCUT2D eigenvalue weighted by atomic mass is 16.5.